The number of methoxy groups -OCH3 is 1. The molecule has 0 unspecified atom stereocenters. The molecule has 104 valence electrons. The van der Waals surface area contributed by atoms with E-state index in [2.05, 4.69) is 11.8 Å². The minimum Gasteiger partial charge on any atom is -0.465 e. The van der Waals surface area contributed by atoms with Crippen LogP contribution >= 0.6 is 0 Å². The Labute approximate surface area is 114 Å². The number of nitrogens with zero attached hydrogens (tertiary/aromatic N) is 1. The largest absolute Gasteiger partial charge is 0.465 e. The van der Waals surface area contributed by atoms with Gasteiger partial charge in [-0.2, -0.15) is 0 Å². The van der Waals surface area contributed by atoms with E-state index in [9.17, 15) is 4.79 Å². The number of esters is 1. The SMILES string of the molecule is COC(=O)c1cc(CN2CCC(C)CC2)ccc1N. The summed E-state index contributed by atoms with van der Waals surface area (Å²) in [7, 11) is 1.38. The van der Waals surface area contributed by atoms with Crippen LogP contribution in [-0.2, 0) is 11.3 Å². The number of carbonyl (C=O) groups excluding carboxylic acids is 1. The topological polar surface area (TPSA) is 55.6 Å². The molecule has 0 saturated carbocycles. The summed E-state index contributed by atoms with van der Waals surface area (Å²) < 4.78 is 4.74. The first kappa shape index (κ1) is 13.9. The second-order valence-corrected chi connectivity index (χ2v) is 5.37. The van der Waals surface area contributed by atoms with E-state index < -0.39 is 0 Å². The summed E-state index contributed by atoms with van der Waals surface area (Å²) in [6.07, 6.45) is 2.50. The van der Waals surface area contributed by atoms with E-state index in [4.69, 9.17) is 10.5 Å². The maximum Gasteiger partial charge on any atom is 0.339 e. The van der Waals surface area contributed by atoms with Gasteiger partial charge < -0.3 is 10.5 Å². The zero-order valence-electron chi connectivity index (χ0n) is 11.7. The number of anilines is 1. The van der Waals surface area contributed by atoms with Crippen molar-refractivity contribution in [3.05, 3.63) is 29.3 Å². The second-order valence-electron chi connectivity index (χ2n) is 5.37. The molecule has 1 aromatic carbocycles. The van der Waals surface area contributed by atoms with Gasteiger partial charge in [-0.1, -0.05) is 13.0 Å². The number of rotatable bonds is 3. The number of carbonyl (C=O) groups is 1. The maximum absolute atomic E-state index is 11.6. The van der Waals surface area contributed by atoms with Gasteiger partial charge in [0, 0.05) is 12.2 Å². The number of hydrogen-bond donors (Lipinski definition) is 1. The zero-order valence-corrected chi connectivity index (χ0v) is 11.7. The average Bonchev–Trinajstić information content (AvgIpc) is 2.42. The molecule has 4 nitrogen and oxygen atoms in total. The lowest BCUT2D eigenvalue weighted by atomic mass is 9.98. The highest BCUT2D eigenvalue weighted by Gasteiger charge is 2.17. The fraction of sp³-hybridized carbons (Fsp3) is 0.533. The molecular formula is C15H22N2O2. The zero-order chi connectivity index (χ0) is 13.8. The van der Waals surface area contributed by atoms with Gasteiger partial charge in [-0.3, -0.25) is 4.90 Å². The third-order valence-electron chi connectivity index (χ3n) is 3.81. The van der Waals surface area contributed by atoms with Crippen LogP contribution in [0.5, 0.6) is 0 Å². The molecule has 1 aliphatic heterocycles. The summed E-state index contributed by atoms with van der Waals surface area (Å²) in [5.74, 6) is 0.458. The summed E-state index contributed by atoms with van der Waals surface area (Å²) in [6, 6.07) is 5.62. The Kier molecular flexibility index (Phi) is 4.43. The standard InChI is InChI=1S/C15H22N2O2/c1-11-5-7-17(8-6-11)10-12-3-4-14(16)13(9-12)15(18)19-2/h3-4,9,11H,5-8,10,16H2,1-2H3. The van der Waals surface area contributed by atoms with Gasteiger partial charge in [0.2, 0.25) is 0 Å². The molecule has 2 N–H and O–H groups in total. The molecule has 1 aliphatic rings. The Balaban J connectivity index is 2.06. The van der Waals surface area contributed by atoms with E-state index >= 15 is 0 Å². The number of nitrogens with two attached hydrogens (primary N) is 1. The Hall–Kier alpha value is -1.55. The molecule has 1 fully saturated rings. The molecule has 1 aromatic rings. The van der Waals surface area contributed by atoms with E-state index in [0.29, 0.717) is 11.3 Å². The Morgan fingerprint density at radius 3 is 2.74 bits per heavy atom. The van der Waals surface area contributed by atoms with Crippen molar-refractivity contribution in [3.63, 3.8) is 0 Å². The first-order chi connectivity index (χ1) is 9.10. The smallest absolute Gasteiger partial charge is 0.339 e. The van der Waals surface area contributed by atoms with E-state index in [-0.39, 0.29) is 5.97 Å². The summed E-state index contributed by atoms with van der Waals surface area (Å²) >= 11 is 0. The number of ether oxygens (including phenoxy) is 1. The summed E-state index contributed by atoms with van der Waals surface area (Å²) in [6.45, 7) is 5.42. The van der Waals surface area contributed by atoms with Gasteiger partial charge in [-0.05, 0) is 49.5 Å². The summed E-state index contributed by atoms with van der Waals surface area (Å²) in [4.78, 5) is 14.0. The van der Waals surface area contributed by atoms with Gasteiger partial charge in [0.25, 0.3) is 0 Å². The third kappa shape index (κ3) is 3.47. The van der Waals surface area contributed by atoms with Gasteiger partial charge in [0.05, 0.1) is 12.7 Å². The van der Waals surface area contributed by atoms with Gasteiger partial charge >= 0.3 is 5.97 Å². The first-order valence-corrected chi connectivity index (χ1v) is 6.79. The molecule has 1 heterocycles. The van der Waals surface area contributed by atoms with Gasteiger partial charge in [-0.25, -0.2) is 4.79 Å². The van der Waals surface area contributed by atoms with Gasteiger partial charge in [-0.15, -0.1) is 0 Å². The van der Waals surface area contributed by atoms with Crippen LogP contribution in [0.15, 0.2) is 18.2 Å². The number of likely N-dealkylation sites (tertiary alicyclic amines) is 1. The van der Waals surface area contributed by atoms with Crippen molar-refractivity contribution in [2.75, 3.05) is 25.9 Å². The molecule has 2 rings (SSSR count). The van der Waals surface area contributed by atoms with E-state index in [0.717, 1.165) is 31.1 Å². The van der Waals surface area contributed by atoms with Crippen LogP contribution in [0.3, 0.4) is 0 Å². The molecule has 0 aliphatic carbocycles. The molecule has 4 heteroatoms. The first-order valence-electron chi connectivity index (χ1n) is 6.79. The lowest BCUT2D eigenvalue weighted by Crippen LogP contribution is -2.32. The van der Waals surface area contributed by atoms with Gasteiger partial charge in [0.15, 0.2) is 0 Å². The normalized spacial score (nSPS) is 17.4. The number of piperidine rings is 1. The van der Waals surface area contributed by atoms with Crippen molar-refractivity contribution in [1.82, 2.24) is 4.90 Å². The highest BCUT2D eigenvalue weighted by Crippen LogP contribution is 2.20. The average molecular weight is 262 g/mol. The van der Waals surface area contributed by atoms with Crippen LogP contribution in [0.4, 0.5) is 5.69 Å². The van der Waals surface area contributed by atoms with Crippen molar-refractivity contribution >= 4 is 11.7 Å². The van der Waals surface area contributed by atoms with Crippen LogP contribution in [-0.4, -0.2) is 31.1 Å². The lowest BCUT2D eigenvalue weighted by molar-refractivity contribution is 0.0601. The molecule has 0 spiro atoms. The van der Waals surface area contributed by atoms with Crippen molar-refractivity contribution < 1.29 is 9.53 Å². The Bertz CT molecular complexity index is 451. The highest BCUT2D eigenvalue weighted by atomic mass is 16.5. The fourth-order valence-electron chi connectivity index (χ4n) is 2.47. The molecule has 0 bridgehead atoms. The van der Waals surface area contributed by atoms with E-state index in [1.807, 2.05) is 12.1 Å². The number of hydrogen-bond acceptors (Lipinski definition) is 4. The third-order valence-corrected chi connectivity index (χ3v) is 3.81. The van der Waals surface area contributed by atoms with Gasteiger partial charge in [0.1, 0.15) is 0 Å². The molecule has 0 aromatic heterocycles. The van der Waals surface area contributed by atoms with Crippen molar-refractivity contribution in [2.45, 2.75) is 26.3 Å². The summed E-state index contributed by atoms with van der Waals surface area (Å²) in [5, 5.41) is 0. The number of nitrogen functional groups attached to an aromatic ring is 1. The Morgan fingerprint density at radius 2 is 2.11 bits per heavy atom. The van der Waals surface area contributed by atoms with Crippen molar-refractivity contribution in [2.24, 2.45) is 5.92 Å². The molecular weight excluding hydrogens is 240 g/mol. The van der Waals surface area contributed by atoms with Crippen LogP contribution in [0.2, 0.25) is 0 Å². The van der Waals surface area contributed by atoms with Crippen molar-refractivity contribution in [1.29, 1.82) is 0 Å². The maximum atomic E-state index is 11.6. The van der Waals surface area contributed by atoms with Crippen LogP contribution in [0.25, 0.3) is 0 Å². The Morgan fingerprint density at radius 1 is 1.42 bits per heavy atom. The minimum atomic E-state index is -0.369. The predicted molar refractivity (Wildman–Crippen MR) is 75.9 cm³/mol. The van der Waals surface area contributed by atoms with Crippen LogP contribution < -0.4 is 5.73 Å². The minimum absolute atomic E-state index is 0.369. The lowest BCUT2D eigenvalue weighted by Gasteiger charge is -2.30. The molecule has 19 heavy (non-hydrogen) atoms. The van der Waals surface area contributed by atoms with E-state index in [1.165, 1.54) is 20.0 Å². The number of benzene rings is 1. The van der Waals surface area contributed by atoms with Crippen LogP contribution in [0, 0.1) is 5.92 Å². The van der Waals surface area contributed by atoms with E-state index in [1.54, 1.807) is 6.07 Å². The predicted octanol–water partition coefficient (Wildman–Crippen LogP) is 2.29. The molecule has 0 radical (unpaired) electrons. The quantitative estimate of drug-likeness (QED) is 0.670. The van der Waals surface area contributed by atoms with Crippen LogP contribution in [0.1, 0.15) is 35.7 Å². The second kappa shape index (κ2) is 6.06. The summed E-state index contributed by atoms with van der Waals surface area (Å²) in [5.41, 5.74) is 7.86. The van der Waals surface area contributed by atoms with Crippen molar-refractivity contribution in [3.8, 4) is 0 Å². The monoisotopic (exact) mass is 262 g/mol. The fourth-order valence-corrected chi connectivity index (χ4v) is 2.47. The molecule has 0 amide bonds. The molecule has 0 atom stereocenters. The molecule has 1 saturated heterocycles. The highest BCUT2D eigenvalue weighted by molar-refractivity contribution is 5.95.